The highest BCUT2D eigenvalue weighted by atomic mass is 32.2. The highest BCUT2D eigenvalue weighted by Crippen LogP contribution is 2.27. The minimum absolute atomic E-state index is 0.0234. The Morgan fingerprint density at radius 2 is 2.11 bits per heavy atom. The van der Waals surface area contributed by atoms with Gasteiger partial charge in [-0.3, -0.25) is 4.79 Å². The third-order valence-electron chi connectivity index (χ3n) is 4.11. The summed E-state index contributed by atoms with van der Waals surface area (Å²) in [6, 6.07) is 4.70. The Bertz CT molecular complexity index is 902. The van der Waals surface area contributed by atoms with Gasteiger partial charge in [-0.15, -0.1) is 10.2 Å². The summed E-state index contributed by atoms with van der Waals surface area (Å²) in [4.78, 5) is 12.6. The van der Waals surface area contributed by atoms with Gasteiger partial charge in [0, 0.05) is 13.1 Å². The lowest BCUT2D eigenvalue weighted by Crippen LogP contribution is -2.43. The van der Waals surface area contributed by atoms with E-state index in [2.05, 4.69) is 15.5 Å². The van der Waals surface area contributed by atoms with E-state index in [1.807, 2.05) is 6.92 Å². The molecule has 0 spiro atoms. The second-order valence-electron chi connectivity index (χ2n) is 5.95. The van der Waals surface area contributed by atoms with Crippen molar-refractivity contribution in [1.82, 2.24) is 14.5 Å². The normalized spacial score (nSPS) is 18.4. The second kappa shape index (κ2) is 8.63. The number of nitrogens with one attached hydrogen (secondary N) is 1. The monoisotopic (exact) mass is 430 g/mol. The van der Waals surface area contributed by atoms with Crippen molar-refractivity contribution >= 4 is 44.2 Å². The van der Waals surface area contributed by atoms with Crippen LogP contribution >= 0.6 is 23.1 Å². The summed E-state index contributed by atoms with van der Waals surface area (Å²) in [7, 11) is -3.76. The number of hydrogen-bond acceptors (Lipinski definition) is 7. The van der Waals surface area contributed by atoms with Gasteiger partial charge in [-0.1, -0.05) is 30.0 Å². The summed E-state index contributed by atoms with van der Waals surface area (Å²) < 4.78 is 40.6. The van der Waals surface area contributed by atoms with Crippen LogP contribution in [0.1, 0.15) is 19.8 Å². The molecule has 0 saturated carbocycles. The van der Waals surface area contributed by atoms with Crippen LogP contribution in [-0.2, 0) is 14.8 Å². The maximum Gasteiger partial charge on any atom is 0.243 e. The fourth-order valence-electron chi connectivity index (χ4n) is 2.78. The molecule has 146 valence electrons. The number of piperidine rings is 1. The van der Waals surface area contributed by atoms with Gasteiger partial charge in [-0.25, -0.2) is 12.8 Å². The number of aromatic nitrogens is 2. The van der Waals surface area contributed by atoms with E-state index >= 15 is 0 Å². The zero-order chi connectivity index (χ0) is 19.4. The summed E-state index contributed by atoms with van der Waals surface area (Å²) in [6.07, 6.45) is 1.17. The van der Waals surface area contributed by atoms with Crippen molar-refractivity contribution < 1.29 is 17.6 Å². The first kappa shape index (κ1) is 20.2. The fourth-order valence-corrected chi connectivity index (χ4v) is 5.96. The molecule has 7 nitrogen and oxygen atoms in total. The number of hydrogen-bond donors (Lipinski definition) is 1. The number of halogens is 1. The molecule has 1 fully saturated rings. The minimum Gasteiger partial charge on any atom is -0.300 e. The SMILES string of the molecule is CCSc1nnc(NC(=O)[C@H]2CCCN(S(=O)(=O)c3ccc(F)cc3)C2)s1. The number of anilines is 1. The Balaban J connectivity index is 1.67. The van der Waals surface area contributed by atoms with Crippen LogP contribution in [0.3, 0.4) is 0 Å². The average molecular weight is 431 g/mol. The number of sulfonamides is 1. The first-order valence-electron chi connectivity index (χ1n) is 8.43. The molecule has 2 heterocycles. The number of nitrogens with zero attached hydrogens (tertiary/aromatic N) is 3. The van der Waals surface area contributed by atoms with Crippen LogP contribution in [0.25, 0.3) is 0 Å². The van der Waals surface area contributed by atoms with E-state index in [4.69, 9.17) is 0 Å². The molecule has 0 radical (unpaired) electrons. The van der Waals surface area contributed by atoms with Crippen LogP contribution in [0.4, 0.5) is 9.52 Å². The van der Waals surface area contributed by atoms with E-state index in [0.29, 0.717) is 24.5 Å². The largest absolute Gasteiger partial charge is 0.300 e. The van der Waals surface area contributed by atoms with E-state index in [9.17, 15) is 17.6 Å². The molecule has 0 unspecified atom stereocenters. The first-order valence-corrected chi connectivity index (χ1v) is 11.7. The lowest BCUT2D eigenvalue weighted by atomic mass is 9.99. The molecule has 1 amide bonds. The molecule has 27 heavy (non-hydrogen) atoms. The topological polar surface area (TPSA) is 92.3 Å². The van der Waals surface area contributed by atoms with Gasteiger partial charge in [-0.2, -0.15) is 4.31 Å². The summed E-state index contributed by atoms with van der Waals surface area (Å²) in [5, 5.41) is 11.1. The number of benzene rings is 1. The number of amides is 1. The van der Waals surface area contributed by atoms with E-state index in [1.54, 1.807) is 11.8 Å². The lowest BCUT2D eigenvalue weighted by molar-refractivity contribution is -0.120. The average Bonchev–Trinajstić information content (AvgIpc) is 3.09. The smallest absolute Gasteiger partial charge is 0.243 e. The van der Waals surface area contributed by atoms with E-state index in [-0.39, 0.29) is 17.3 Å². The van der Waals surface area contributed by atoms with Gasteiger partial charge in [0.15, 0.2) is 4.34 Å². The maximum atomic E-state index is 13.1. The van der Waals surface area contributed by atoms with Crippen molar-refractivity contribution in [2.75, 3.05) is 24.2 Å². The summed E-state index contributed by atoms with van der Waals surface area (Å²) in [5.74, 6) is -0.373. The van der Waals surface area contributed by atoms with Crippen molar-refractivity contribution in [2.24, 2.45) is 5.92 Å². The molecule has 0 bridgehead atoms. The lowest BCUT2D eigenvalue weighted by Gasteiger charge is -2.31. The predicted molar refractivity (Wildman–Crippen MR) is 103 cm³/mol. The zero-order valence-corrected chi connectivity index (χ0v) is 17.0. The van der Waals surface area contributed by atoms with E-state index in [0.717, 1.165) is 22.2 Å². The number of thioether (sulfide) groups is 1. The second-order valence-corrected chi connectivity index (χ2v) is 10.4. The van der Waals surface area contributed by atoms with Gasteiger partial charge in [-0.05, 0) is 42.9 Å². The van der Waals surface area contributed by atoms with Gasteiger partial charge in [0.25, 0.3) is 0 Å². The van der Waals surface area contributed by atoms with E-state index in [1.165, 1.54) is 27.8 Å². The van der Waals surface area contributed by atoms with Gasteiger partial charge in [0.2, 0.25) is 21.1 Å². The molecule has 11 heteroatoms. The molecule has 0 aliphatic carbocycles. The predicted octanol–water partition coefficient (Wildman–Crippen LogP) is 2.83. The summed E-state index contributed by atoms with van der Waals surface area (Å²) in [5.41, 5.74) is 0. The molecule has 1 atom stereocenters. The standard InChI is InChI=1S/C16H19FN4O3S3/c1-2-25-16-20-19-15(26-16)18-14(22)11-4-3-9-21(10-11)27(23,24)13-7-5-12(17)6-8-13/h5-8,11H,2-4,9-10H2,1H3,(H,18,19,22)/t11-/m0/s1. The van der Waals surface area contributed by atoms with Crippen LogP contribution < -0.4 is 5.32 Å². The van der Waals surface area contributed by atoms with Crippen LogP contribution in [0.2, 0.25) is 0 Å². The number of carbonyl (C=O) groups excluding carboxylic acids is 1. The van der Waals surface area contributed by atoms with Crippen molar-refractivity contribution in [3.05, 3.63) is 30.1 Å². The van der Waals surface area contributed by atoms with Crippen molar-refractivity contribution in [3.63, 3.8) is 0 Å². The fraction of sp³-hybridized carbons (Fsp3) is 0.438. The molecular formula is C16H19FN4O3S3. The Hall–Kier alpha value is -1.56. The third kappa shape index (κ3) is 4.84. The Morgan fingerprint density at radius 3 is 2.81 bits per heavy atom. The van der Waals surface area contributed by atoms with Gasteiger partial charge in [0.05, 0.1) is 10.8 Å². The number of rotatable bonds is 6. The summed E-state index contributed by atoms with van der Waals surface area (Å²) >= 11 is 2.84. The molecule has 2 aromatic rings. The van der Waals surface area contributed by atoms with Crippen molar-refractivity contribution in [1.29, 1.82) is 0 Å². The van der Waals surface area contributed by atoms with Crippen LogP contribution in [0.15, 0.2) is 33.5 Å². The molecule has 1 aromatic heterocycles. The Kier molecular flexibility index (Phi) is 6.45. The maximum absolute atomic E-state index is 13.1. The van der Waals surface area contributed by atoms with Gasteiger partial charge >= 0.3 is 0 Å². The zero-order valence-electron chi connectivity index (χ0n) is 14.6. The van der Waals surface area contributed by atoms with Crippen LogP contribution in [0.5, 0.6) is 0 Å². The molecule has 1 aromatic carbocycles. The van der Waals surface area contributed by atoms with Crippen molar-refractivity contribution in [3.8, 4) is 0 Å². The van der Waals surface area contributed by atoms with E-state index < -0.39 is 21.8 Å². The van der Waals surface area contributed by atoms with Crippen LogP contribution in [-0.4, -0.2) is 47.7 Å². The molecule has 3 rings (SSSR count). The summed E-state index contributed by atoms with van der Waals surface area (Å²) in [6.45, 7) is 2.42. The quantitative estimate of drug-likeness (QED) is 0.560. The van der Waals surface area contributed by atoms with Gasteiger partial charge in [0.1, 0.15) is 5.82 Å². The Morgan fingerprint density at radius 1 is 1.37 bits per heavy atom. The molecule has 1 N–H and O–H groups in total. The van der Waals surface area contributed by atoms with Crippen molar-refractivity contribution in [2.45, 2.75) is 29.0 Å². The molecule has 1 aliphatic rings. The molecular weight excluding hydrogens is 411 g/mol. The minimum atomic E-state index is -3.76. The first-order chi connectivity index (χ1) is 12.9. The number of carbonyl (C=O) groups is 1. The third-order valence-corrected chi connectivity index (χ3v) is 7.84. The Labute approximate surface area is 165 Å². The highest BCUT2D eigenvalue weighted by Gasteiger charge is 2.33. The molecule has 1 aliphatic heterocycles. The van der Waals surface area contributed by atoms with Crippen LogP contribution in [0, 0.1) is 11.7 Å². The highest BCUT2D eigenvalue weighted by molar-refractivity contribution is 8.01. The van der Waals surface area contributed by atoms with Gasteiger partial charge < -0.3 is 5.32 Å². The molecule has 1 saturated heterocycles.